The van der Waals surface area contributed by atoms with Gasteiger partial charge < -0.3 is 14.6 Å². The summed E-state index contributed by atoms with van der Waals surface area (Å²) in [5.41, 5.74) is 4.76. The summed E-state index contributed by atoms with van der Waals surface area (Å²) in [5, 5.41) is 8.21. The zero-order chi connectivity index (χ0) is 23.2. The van der Waals surface area contributed by atoms with Crippen LogP contribution in [-0.2, 0) is 0 Å². The van der Waals surface area contributed by atoms with Crippen molar-refractivity contribution in [3.63, 3.8) is 0 Å². The molecule has 4 aromatic rings. The van der Waals surface area contributed by atoms with E-state index in [0.717, 1.165) is 42.9 Å². The van der Waals surface area contributed by atoms with Crippen LogP contribution in [0.3, 0.4) is 0 Å². The van der Waals surface area contributed by atoms with Gasteiger partial charge in [-0.2, -0.15) is 20.1 Å². The third kappa shape index (κ3) is 5.52. The van der Waals surface area contributed by atoms with Gasteiger partial charge in [0, 0.05) is 29.4 Å². The molecule has 5 rings (SSSR count). The molecule has 0 aliphatic carbocycles. The lowest BCUT2D eigenvalue weighted by atomic mass is 10.1. The summed E-state index contributed by atoms with van der Waals surface area (Å²) in [7, 11) is 0. The average molecular weight is 474 g/mol. The lowest BCUT2D eigenvalue weighted by Gasteiger charge is -2.26. The number of nitrogens with zero attached hydrogens (tertiary/aromatic N) is 5. The molecule has 0 radical (unpaired) electrons. The third-order valence-corrected chi connectivity index (χ3v) is 5.66. The number of hydrazone groups is 1. The van der Waals surface area contributed by atoms with Gasteiger partial charge in [0.05, 0.1) is 6.21 Å². The maximum Gasteiger partial charge on any atom is 0.250 e. The number of piperidine rings is 1. The standard InChI is InChI=1S/C25H24ClN7O/c26-19-11-9-18(10-12-19)22-14-13-21(34-22)17-27-32-24-29-23(28-20-7-3-1-4-8-20)30-25(31-24)33-15-5-2-6-16-33/h1,3-4,7-14,17H,2,5-6,15-16H2,(H2,28,29,30,31,32). The highest BCUT2D eigenvalue weighted by Crippen LogP contribution is 2.24. The van der Waals surface area contributed by atoms with E-state index in [1.807, 2.05) is 66.7 Å². The normalized spacial score (nSPS) is 13.9. The van der Waals surface area contributed by atoms with Crippen molar-refractivity contribution in [3.05, 3.63) is 77.5 Å². The molecule has 1 aliphatic heterocycles. The summed E-state index contributed by atoms with van der Waals surface area (Å²) in [6.45, 7) is 1.86. The first-order valence-corrected chi connectivity index (χ1v) is 11.6. The Morgan fingerprint density at radius 1 is 0.853 bits per heavy atom. The number of anilines is 4. The van der Waals surface area contributed by atoms with Crippen molar-refractivity contribution in [2.24, 2.45) is 5.10 Å². The van der Waals surface area contributed by atoms with Gasteiger partial charge in [-0.15, -0.1) is 0 Å². The summed E-state index contributed by atoms with van der Waals surface area (Å²) in [6.07, 6.45) is 5.08. The quantitative estimate of drug-likeness (QED) is 0.252. The van der Waals surface area contributed by atoms with Crippen LogP contribution in [0.4, 0.5) is 23.5 Å². The van der Waals surface area contributed by atoms with Crippen molar-refractivity contribution in [2.45, 2.75) is 19.3 Å². The van der Waals surface area contributed by atoms with Crippen molar-refractivity contribution in [1.29, 1.82) is 0 Å². The van der Waals surface area contributed by atoms with E-state index in [2.05, 4.69) is 35.7 Å². The second-order valence-electron chi connectivity index (χ2n) is 7.90. The Labute approximate surface area is 202 Å². The van der Waals surface area contributed by atoms with E-state index >= 15 is 0 Å². The minimum atomic E-state index is 0.356. The number of furan rings is 1. The fraction of sp³-hybridized carbons (Fsp3) is 0.200. The van der Waals surface area contributed by atoms with Gasteiger partial charge in [-0.1, -0.05) is 29.8 Å². The van der Waals surface area contributed by atoms with E-state index in [9.17, 15) is 0 Å². The number of aromatic nitrogens is 3. The maximum absolute atomic E-state index is 5.96. The van der Waals surface area contributed by atoms with Gasteiger partial charge in [-0.05, 0) is 67.8 Å². The van der Waals surface area contributed by atoms with Gasteiger partial charge in [0.15, 0.2) is 0 Å². The smallest absolute Gasteiger partial charge is 0.250 e. The van der Waals surface area contributed by atoms with Crippen LogP contribution in [0.2, 0.25) is 5.02 Å². The van der Waals surface area contributed by atoms with Crippen molar-refractivity contribution < 1.29 is 4.42 Å². The summed E-state index contributed by atoms with van der Waals surface area (Å²) in [5.74, 6) is 2.79. The predicted molar refractivity (Wildman–Crippen MR) is 136 cm³/mol. The van der Waals surface area contributed by atoms with Gasteiger partial charge in [-0.25, -0.2) is 5.43 Å². The Hall–Kier alpha value is -3.91. The molecule has 2 aromatic heterocycles. The molecule has 9 heteroatoms. The molecule has 3 heterocycles. The number of nitrogens with one attached hydrogen (secondary N) is 2. The van der Waals surface area contributed by atoms with Crippen LogP contribution >= 0.6 is 11.6 Å². The molecule has 0 saturated carbocycles. The van der Waals surface area contributed by atoms with Crippen LogP contribution in [0.15, 0.2) is 76.2 Å². The molecule has 0 spiro atoms. The van der Waals surface area contributed by atoms with E-state index in [-0.39, 0.29) is 0 Å². The molecule has 1 saturated heterocycles. The fourth-order valence-corrected chi connectivity index (χ4v) is 3.83. The van der Waals surface area contributed by atoms with Crippen molar-refractivity contribution >= 4 is 41.3 Å². The Bertz CT molecular complexity index is 1250. The number of rotatable bonds is 7. The fourth-order valence-electron chi connectivity index (χ4n) is 3.70. The van der Waals surface area contributed by atoms with Crippen LogP contribution in [0, 0.1) is 0 Å². The van der Waals surface area contributed by atoms with Crippen LogP contribution in [0.1, 0.15) is 25.0 Å². The highest BCUT2D eigenvalue weighted by Gasteiger charge is 2.16. The van der Waals surface area contributed by atoms with Crippen LogP contribution in [0.5, 0.6) is 0 Å². The van der Waals surface area contributed by atoms with Crippen molar-refractivity contribution in [3.8, 4) is 11.3 Å². The number of hydrogen-bond donors (Lipinski definition) is 2. The largest absolute Gasteiger partial charge is 0.455 e. The number of halogens is 1. The van der Waals surface area contributed by atoms with Gasteiger partial charge in [0.1, 0.15) is 11.5 Å². The molecule has 1 aliphatic rings. The van der Waals surface area contributed by atoms with E-state index in [0.29, 0.717) is 28.6 Å². The van der Waals surface area contributed by atoms with Crippen LogP contribution in [0.25, 0.3) is 11.3 Å². The van der Waals surface area contributed by atoms with E-state index in [4.69, 9.17) is 16.0 Å². The molecule has 0 amide bonds. The summed E-state index contributed by atoms with van der Waals surface area (Å²) in [6, 6.07) is 21.0. The van der Waals surface area contributed by atoms with E-state index in [1.165, 1.54) is 6.42 Å². The topological polar surface area (TPSA) is 91.5 Å². The molecule has 2 aromatic carbocycles. The SMILES string of the molecule is Clc1ccc(-c2ccc(C=NNc3nc(Nc4ccccc4)nc(N4CCCCC4)n3)o2)cc1. The number of benzene rings is 2. The molecule has 1 fully saturated rings. The Morgan fingerprint density at radius 2 is 1.62 bits per heavy atom. The molecule has 0 atom stereocenters. The molecule has 0 unspecified atom stereocenters. The Kier molecular flexibility index (Phi) is 6.67. The van der Waals surface area contributed by atoms with Gasteiger partial charge in [0.2, 0.25) is 17.8 Å². The lowest BCUT2D eigenvalue weighted by Crippen LogP contribution is -2.31. The van der Waals surface area contributed by atoms with E-state index < -0.39 is 0 Å². The molecule has 2 N–H and O–H groups in total. The van der Waals surface area contributed by atoms with E-state index in [1.54, 1.807) is 6.21 Å². The highest BCUT2D eigenvalue weighted by atomic mass is 35.5. The predicted octanol–water partition coefficient (Wildman–Crippen LogP) is 5.96. The minimum absolute atomic E-state index is 0.356. The first-order chi connectivity index (χ1) is 16.7. The van der Waals surface area contributed by atoms with Gasteiger partial charge in [-0.3, -0.25) is 0 Å². The second kappa shape index (κ2) is 10.4. The molecule has 172 valence electrons. The van der Waals surface area contributed by atoms with Crippen molar-refractivity contribution in [1.82, 2.24) is 15.0 Å². The maximum atomic E-state index is 5.96. The monoisotopic (exact) mass is 473 g/mol. The van der Waals surface area contributed by atoms with Gasteiger partial charge >= 0.3 is 0 Å². The molecule has 34 heavy (non-hydrogen) atoms. The summed E-state index contributed by atoms with van der Waals surface area (Å²) in [4.78, 5) is 15.9. The van der Waals surface area contributed by atoms with Gasteiger partial charge in [0.25, 0.3) is 0 Å². The van der Waals surface area contributed by atoms with Crippen molar-refractivity contribution in [2.75, 3.05) is 28.7 Å². The summed E-state index contributed by atoms with van der Waals surface area (Å²) < 4.78 is 5.86. The first kappa shape index (κ1) is 21.9. The number of hydrogen-bond acceptors (Lipinski definition) is 8. The number of para-hydroxylation sites is 1. The van der Waals surface area contributed by atoms with Crippen LogP contribution < -0.4 is 15.6 Å². The first-order valence-electron chi connectivity index (χ1n) is 11.2. The molecular formula is C25H24ClN7O. The second-order valence-corrected chi connectivity index (χ2v) is 8.34. The Balaban J connectivity index is 1.33. The third-order valence-electron chi connectivity index (χ3n) is 5.40. The average Bonchev–Trinajstić information content (AvgIpc) is 3.34. The zero-order valence-electron chi connectivity index (χ0n) is 18.5. The lowest BCUT2D eigenvalue weighted by molar-refractivity contribution is 0.568. The molecule has 8 nitrogen and oxygen atoms in total. The molecular weight excluding hydrogens is 450 g/mol. The zero-order valence-corrected chi connectivity index (χ0v) is 19.2. The molecule has 0 bridgehead atoms. The van der Waals surface area contributed by atoms with Crippen LogP contribution in [-0.4, -0.2) is 34.3 Å². The highest BCUT2D eigenvalue weighted by molar-refractivity contribution is 6.30. The summed E-state index contributed by atoms with van der Waals surface area (Å²) >= 11 is 5.96. The minimum Gasteiger partial charge on any atom is -0.455 e. The Morgan fingerprint density at radius 3 is 2.41 bits per heavy atom.